The van der Waals surface area contributed by atoms with Gasteiger partial charge in [0.15, 0.2) is 0 Å². The topological polar surface area (TPSA) is 49.3 Å². The van der Waals surface area contributed by atoms with Crippen LogP contribution in [-0.2, 0) is 17.3 Å². The molecule has 0 heterocycles. The number of aromatic hydroxyl groups is 1. The number of hydrogen-bond donors (Lipinski definition) is 2. The number of nitrogens with one attached hydrogen (secondary N) is 1. The van der Waals surface area contributed by atoms with Gasteiger partial charge in [-0.25, -0.2) is 0 Å². The zero-order chi connectivity index (χ0) is 12.0. The average molecular weight is 241 g/mol. The molecule has 0 spiro atoms. The maximum Gasteiger partial charge on any atom is 0.115 e. The van der Waals surface area contributed by atoms with Gasteiger partial charge in [0.05, 0.1) is 0 Å². The minimum atomic E-state index is -0.734. The summed E-state index contributed by atoms with van der Waals surface area (Å²) in [7, 11) is -0.734. The number of phenolic OH excluding ortho intramolecular Hbond substituents is 1. The van der Waals surface area contributed by atoms with Crippen molar-refractivity contribution in [3.63, 3.8) is 0 Å². The number of phenols is 1. The molecule has 0 aromatic heterocycles. The predicted octanol–water partition coefficient (Wildman–Crippen LogP) is 1.64. The molecule has 0 saturated carbocycles. The summed E-state index contributed by atoms with van der Waals surface area (Å²) >= 11 is 0. The molecule has 0 amide bonds. The molecule has 16 heavy (non-hydrogen) atoms. The number of hydrogen-bond acceptors (Lipinski definition) is 3. The van der Waals surface area contributed by atoms with Gasteiger partial charge in [-0.1, -0.05) is 19.1 Å². The van der Waals surface area contributed by atoms with E-state index in [4.69, 9.17) is 5.11 Å². The van der Waals surface area contributed by atoms with Gasteiger partial charge >= 0.3 is 0 Å². The fourth-order valence-electron chi connectivity index (χ4n) is 1.32. The second kappa shape index (κ2) is 6.66. The Morgan fingerprint density at radius 1 is 1.38 bits per heavy atom. The van der Waals surface area contributed by atoms with Crippen LogP contribution in [0.3, 0.4) is 0 Å². The Bertz CT molecular complexity index is 337. The number of rotatable bonds is 6. The maximum atomic E-state index is 11.1. The van der Waals surface area contributed by atoms with Gasteiger partial charge in [0.25, 0.3) is 0 Å². The highest BCUT2D eigenvalue weighted by Crippen LogP contribution is 2.09. The van der Waals surface area contributed by atoms with E-state index in [0.717, 1.165) is 25.1 Å². The van der Waals surface area contributed by atoms with Crippen molar-refractivity contribution in [2.75, 3.05) is 12.8 Å². The predicted molar refractivity (Wildman–Crippen MR) is 68.0 cm³/mol. The van der Waals surface area contributed by atoms with Crippen molar-refractivity contribution in [3.8, 4) is 5.75 Å². The SMILES string of the molecule is CC(CCNCc1ccc(O)cc1)S(C)=O. The molecule has 1 aromatic rings. The third-order valence-electron chi connectivity index (χ3n) is 2.56. The summed E-state index contributed by atoms with van der Waals surface area (Å²) in [6, 6.07) is 7.15. The highest BCUT2D eigenvalue weighted by Gasteiger charge is 2.04. The Hall–Kier alpha value is -0.870. The molecular weight excluding hydrogens is 222 g/mol. The standard InChI is InChI=1S/C12H19NO2S/c1-10(16(2)15)7-8-13-9-11-3-5-12(14)6-4-11/h3-6,10,13-14H,7-9H2,1-2H3. The van der Waals surface area contributed by atoms with Crippen molar-refractivity contribution in [1.82, 2.24) is 5.32 Å². The van der Waals surface area contributed by atoms with Crippen LogP contribution in [0.1, 0.15) is 18.9 Å². The fraction of sp³-hybridized carbons (Fsp3) is 0.500. The molecule has 0 fully saturated rings. The molecule has 0 aliphatic rings. The van der Waals surface area contributed by atoms with E-state index < -0.39 is 10.8 Å². The minimum Gasteiger partial charge on any atom is -0.508 e. The molecule has 4 heteroatoms. The van der Waals surface area contributed by atoms with E-state index in [9.17, 15) is 4.21 Å². The summed E-state index contributed by atoms with van der Waals surface area (Å²) in [5.41, 5.74) is 1.14. The third kappa shape index (κ3) is 4.77. The van der Waals surface area contributed by atoms with E-state index in [-0.39, 0.29) is 5.25 Å². The molecule has 0 aliphatic carbocycles. The number of benzene rings is 1. The van der Waals surface area contributed by atoms with Crippen LogP contribution in [0.2, 0.25) is 0 Å². The molecule has 2 atom stereocenters. The molecule has 90 valence electrons. The van der Waals surface area contributed by atoms with E-state index in [0.29, 0.717) is 5.75 Å². The fourth-order valence-corrected chi connectivity index (χ4v) is 1.77. The van der Waals surface area contributed by atoms with Crippen molar-refractivity contribution < 1.29 is 9.32 Å². The largest absolute Gasteiger partial charge is 0.508 e. The van der Waals surface area contributed by atoms with E-state index in [1.807, 2.05) is 19.1 Å². The van der Waals surface area contributed by atoms with Gasteiger partial charge in [-0.15, -0.1) is 0 Å². The van der Waals surface area contributed by atoms with E-state index in [1.54, 1.807) is 18.4 Å². The Morgan fingerprint density at radius 3 is 2.56 bits per heavy atom. The zero-order valence-corrected chi connectivity index (χ0v) is 10.6. The normalized spacial score (nSPS) is 14.6. The van der Waals surface area contributed by atoms with Gasteiger partial charge in [0.2, 0.25) is 0 Å². The highest BCUT2D eigenvalue weighted by atomic mass is 32.2. The molecule has 2 unspecified atom stereocenters. The van der Waals surface area contributed by atoms with Gasteiger partial charge < -0.3 is 10.4 Å². The van der Waals surface area contributed by atoms with Crippen molar-refractivity contribution in [1.29, 1.82) is 0 Å². The summed E-state index contributed by atoms with van der Waals surface area (Å²) in [6.07, 6.45) is 2.66. The Kier molecular flexibility index (Phi) is 5.49. The summed E-state index contributed by atoms with van der Waals surface area (Å²) in [5, 5.41) is 12.6. The quantitative estimate of drug-likeness (QED) is 0.744. The second-order valence-corrected chi connectivity index (χ2v) is 5.74. The van der Waals surface area contributed by atoms with Crippen molar-refractivity contribution in [2.24, 2.45) is 0 Å². The van der Waals surface area contributed by atoms with Crippen LogP contribution >= 0.6 is 0 Å². The van der Waals surface area contributed by atoms with Crippen molar-refractivity contribution in [2.45, 2.75) is 25.1 Å². The zero-order valence-electron chi connectivity index (χ0n) is 9.77. The first-order valence-corrected chi connectivity index (χ1v) is 7.02. The lowest BCUT2D eigenvalue weighted by Gasteiger charge is -2.09. The molecule has 0 saturated heterocycles. The molecule has 1 rings (SSSR count). The van der Waals surface area contributed by atoms with Crippen LogP contribution < -0.4 is 5.32 Å². The Labute approximate surface area is 99.3 Å². The first-order chi connectivity index (χ1) is 7.59. The molecule has 2 N–H and O–H groups in total. The molecule has 1 aromatic carbocycles. The van der Waals surface area contributed by atoms with Gasteiger partial charge in [0.1, 0.15) is 5.75 Å². The molecule has 0 bridgehead atoms. The smallest absolute Gasteiger partial charge is 0.115 e. The average Bonchev–Trinajstić information content (AvgIpc) is 2.26. The van der Waals surface area contributed by atoms with Crippen LogP contribution in [0.25, 0.3) is 0 Å². The van der Waals surface area contributed by atoms with Crippen molar-refractivity contribution in [3.05, 3.63) is 29.8 Å². The second-order valence-electron chi connectivity index (χ2n) is 3.94. The lowest BCUT2D eigenvalue weighted by molar-refractivity contribution is 0.475. The highest BCUT2D eigenvalue weighted by molar-refractivity contribution is 7.84. The van der Waals surface area contributed by atoms with Gasteiger partial charge in [-0.2, -0.15) is 0 Å². The first-order valence-electron chi connectivity index (χ1n) is 5.40. The summed E-state index contributed by atoms with van der Waals surface area (Å²) in [6.45, 7) is 3.64. The molecular formula is C12H19NO2S. The third-order valence-corrected chi connectivity index (χ3v) is 3.93. The van der Waals surface area contributed by atoms with Crippen LogP contribution in [0, 0.1) is 0 Å². The Morgan fingerprint density at radius 2 is 2.00 bits per heavy atom. The van der Waals surface area contributed by atoms with Crippen LogP contribution in [0.5, 0.6) is 5.75 Å². The summed E-state index contributed by atoms with van der Waals surface area (Å²) < 4.78 is 11.1. The van der Waals surface area contributed by atoms with E-state index >= 15 is 0 Å². The monoisotopic (exact) mass is 241 g/mol. The molecule has 0 radical (unpaired) electrons. The lowest BCUT2D eigenvalue weighted by Crippen LogP contribution is -2.20. The minimum absolute atomic E-state index is 0.243. The van der Waals surface area contributed by atoms with Gasteiger partial charge in [0, 0.05) is 28.9 Å². The van der Waals surface area contributed by atoms with Crippen LogP contribution in [0.15, 0.2) is 24.3 Å². The first kappa shape index (κ1) is 13.2. The maximum absolute atomic E-state index is 11.1. The van der Waals surface area contributed by atoms with Crippen molar-refractivity contribution >= 4 is 10.8 Å². The molecule has 0 aliphatic heterocycles. The van der Waals surface area contributed by atoms with Gasteiger partial charge in [-0.05, 0) is 30.7 Å². The Balaban J connectivity index is 2.21. The van der Waals surface area contributed by atoms with E-state index in [1.165, 1.54) is 0 Å². The van der Waals surface area contributed by atoms with E-state index in [2.05, 4.69) is 5.32 Å². The van der Waals surface area contributed by atoms with Crippen LogP contribution in [-0.4, -0.2) is 27.4 Å². The lowest BCUT2D eigenvalue weighted by atomic mass is 10.2. The summed E-state index contributed by atoms with van der Waals surface area (Å²) in [5.74, 6) is 0.291. The van der Waals surface area contributed by atoms with Gasteiger partial charge in [-0.3, -0.25) is 4.21 Å². The van der Waals surface area contributed by atoms with Crippen LogP contribution in [0.4, 0.5) is 0 Å². The molecule has 3 nitrogen and oxygen atoms in total. The summed E-state index contributed by atoms with van der Waals surface area (Å²) in [4.78, 5) is 0.